The van der Waals surface area contributed by atoms with E-state index >= 15 is 0 Å². The minimum Gasteiger partial charge on any atom is -0.545 e. The highest BCUT2D eigenvalue weighted by atomic mass is 32.2. The third kappa shape index (κ3) is 4.24. The van der Waals surface area contributed by atoms with Crippen molar-refractivity contribution in [2.45, 2.75) is 11.4 Å². The Kier molecular flexibility index (Phi) is 5.76. The lowest BCUT2D eigenvalue weighted by molar-refractivity contribution is -0.254. The van der Waals surface area contributed by atoms with E-state index < -0.39 is 16.0 Å². The first-order chi connectivity index (χ1) is 16.9. The van der Waals surface area contributed by atoms with Crippen LogP contribution in [0.15, 0.2) is 102 Å². The molecule has 3 heterocycles. The van der Waals surface area contributed by atoms with Gasteiger partial charge in [0.05, 0.1) is 10.9 Å². The maximum absolute atomic E-state index is 13.4. The van der Waals surface area contributed by atoms with Gasteiger partial charge in [0.1, 0.15) is 5.82 Å². The second-order valence-electron chi connectivity index (χ2n) is 7.77. The van der Waals surface area contributed by atoms with Gasteiger partial charge in [-0.1, -0.05) is 36.4 Å². The predicted molar refractivity (Wildman–Crippen MR) is 130 cm³/mol. The van der Waals surface area contributed by atoms with Gasteiger partial charge in [0, 0.05) is 41.6 Å². The number of rotatable bonds is 7. The molecule has 0 aliphatic carbocycles. The SMILES string of the molecule is O=C([O-])c1cccnc1NCc1cccc(-c2cn(S(=O)(=O)c3ccccc3)c3ncccc23)c1. The van der Waals surface area contributed by atoms with Gasteiger partial charge in [-0.05, 0) is 53.6 Å². The van der Waals surface area contributed by atoms with Crippen molar-refractivity contribution >= 4 is 32.8 Å². The van der Waals surface area contributed by atoms with E-state index in [1.54, 1.807) is 48.8 Å². The highest BCUT2D eigenvalue weighted by molar-refractivity contribution is 7.90. The summed E-state index contributed by atoms with van der Waals surface area (Å²) in [6, 6.07) is 22.3. The van der Waals surface area contributed by atoms with Crippen LogP contribution in [0.3, 0.4) is 0 Å². The number of anilines is 1. The van der Waals surface area contributed by atoms with Crippen LogP contribution < -0.4 is 10.4 Å². The Morgan fingerprint density at radius 2 is 1.69 bits per heavy atom. The van der Waals surface area contributed by atoms with E-state index in [0.717, 1.165) is 11.1 Å². The summed E-state index contributed by atoms with van der Waals surface area (Å²) >= 11 is 0. The number of aromatic nitrogens is 3. The van der Waals surface area contributed by atoms with Crippen LogP contribution in [-0.4, -0.2) is 28.3 Å². The molecule has 174 valence electrons. The minimum absolute atomic E-state index is 0.0242. The summed E-state index contributed by atoms with van der Waals surface area (Å²) in [5.41, 5.74) is 2.67. The highest BCUT2D eigenvalue weighted by Gasteiger charge is 2.22. The highest BCUT2D eigenvalue weighted by Crippen LogP contribution is 2.32. The molecular formula is C26H19N4O4S-. The number of hydrogen-bond acceptors (Lipinski definition) is 7. The Balaban J connectivity index is 1.53. The summed E-state index contributed by atoms with van der Waals surface area (Å²) in [6.45, 7) is 0.310. The maximum atomic E-state index is 13.4. The second kappa shape index (κ2) is 9.03. The molecule has 0 aliphatic heterocycles. The molecule has 5 rings (SSSR count). The van der Waals surface area contributed by atoms with E-state index in [4.69, 9.17) is 0 Å². The molecule has 0 saturated carbocycles. The van der Waals surface area contributed by atoms with Crippen LogP contribution in [0.1, 0.15) is 15.9 Å². The van der Waals surface area contributed by atoms with Gasteiger partial charge >= 0.3 is 0 Å². The van der Waals surface area contributed by atoms with Gasteiger partial charge in [-0.2, -0.15) is 0 Å². The number of carboxylic acid groups (broad SMARTS) is 1. The van der Waals surface area contributed by atoms with Crippen LogP contribution in [0.4, 0.5) is 5.82 Å². The van der Waals surface area contributed by atoms with Crippen molar-refractivity contribution in [3.8, 4) is 11.1 Å². The van der Waals surface area contributed by atoms with E-state index in [-0.39, 0.29) is 16.3 Å². The van der Waals surface area contributed by atoms with Gasteiger partial charge in [-0.3, -0.25) is 0 Å². The Labute approximate surface area is 201 Å². The van der Waals surface area contributed by atoms with Crippen LogP contribution in [0, 0.1) is 0 Å². The third-order valence-corrected chi connectivity index (χ3v) is 7.22. The Hall–Kier alpha value is -4.50. The summed E-state index contributed by atoms with van der Waals surface area (Å²) in [6.07, 6.45) is 4.64. The summed E-state index contributed by atoms with van der Waals surface area (Å²) in [7, 11) is -3.85. The second-order valence-corrected chi connectivity index (χ2v) is 9.59. The molecular weight excluding hydrogens is 464 g/mol. The van der Waals surface area contributed by atoms with Crippen LogP contribution in [-0.2, 0) is 16.6 Å². The average molecular weight is 484 g/mol. The number of aromatic carboxylic acids is 1. The summed E-state index contributed by atoms with van der Waals surface area (Å²) in [5, 5.41) is 15.1. The lowest BCUT2D eigenvalue weighted by Crippen LogP contribution is -2.24. The topological polar surface area (TPSA) is 117 Å². The Bertz CT molecular complexity index is 1650. The molecule has 9 heteroatoms. The van der Waals surface area contributed by atoms with Gasteiger partial charge in [0.15, 0.2) is 5.65 Å². The Morgan fingerprint density at radius 1 is 0.914 bits per heavy atom. The van der Waals surface area contributed by atoms with Crippen molar-refractivity contribution in [3.05, 3.63) is 109 Å². The fourth-order valence-corrected chi connectivity index (χ4v) is 5.24. The maximum Gasteiger partial charge on any atom is 0.269 e. The van der Waals surface area contributed by atoms with Crippen molar-refractivity contribution < 1.29 is 18.3 Å². The van der Waals surface area contributed by atoms with E-state index in [2.05, 4.69) is 15.3 Å². The molecule has 0 amide bonds. The van der Waals surface area contributed by atoms with Crippen LogP contribution >= 0.6 is 0 Å². The number of benzene rings is 2. The van der Waals surface area contributed by atoms with Crippen molar-refractivity contribution in [1.29, 1.82) is 0 Å². The standard InChI is InChI=1S/C26H20N4O4S/c31-26(32)22-12-6-13-27-24(22)29-16-18-7-4-8-19(15-18)23-17-30(25-21(23)11-5-14-28-25)35(33,34)20-9-2-1-3-10-20/h1-15,17H,16H2,(H,27,29)(H,31,32)/p-1. The number of pyridine rings is 2. The van der Waals surface area contributed by atoms with Crippen molar-refractivity contribution in [2.75, 3.05) is 5.32 Å². The molecule has 0 atom stereocenters. The monoisotopic (exact) mass is 483 g/mol. The van der Waals surface area contributed by atoms with Crippen LogP contribution in [0.2, 0.25) is 0 Å². The summed E-state index contributed by atoms with van der Waals surface area (Å²) in [5.74, 6) is -1.10. The first-order valence-corrected chi connectivity index (χ1v) is 12.2. The van der Waals surface area contributed by atoms with E-state index in [9.17, 15) is 18.3 Å². The number of fused-ring (bicyclic) bond motifs is 1. The van der Waals surface area contributed by atoms with Gasteiger partial charge < -0.3 is 15.2 Å². The first-order valence-electron chi connectivity index (χ1n) is 10.7. The van der Waals surface area contributed by atoms with Gasteiger partial charge in [-0.25, -0.2) is 22.4 Å². The molecule has 0 spiro atoms. The van der Waals surface area contributed by atoms with Crippen molar-refractivity contribution in [2.24, 2.45) is 0 Å². The zero-order valence-corrected chi connectivity index (χ0v) is 19.1. The zero-order chi connectivity index (χ0) is 24.4. The number of hydrogen-bond donors (Lipinski definition) is 1. The van der Waals surface area contributed by atoms with Gasteiger partial charge in [0.2, 0.25) is 0 Å². The minimum atomic E-state index is -3.85. The van der Waals surface area contributed by atoms with Crippen molar-refractivity contribution in [1.82, 2.24) is 13.9 Å². The quantitative estimate of drug-likeness (QED) is 0.377. The van der Waals surface area contributed by atoms with Gasteiger partial charge in [-0.15, -0.1) is 0 Å². The predicted octanol–water partition coefficient (Wildman–Crippen LogP) is 3.31. The molecule has 0 unspecified atom stereocenters. The molecule has 3 aromatic heterocycles. The Morgan fingerprint density at radius 3 is 2.49 bits per heavy atom. The molecule has 0 saturated heterocycles. The van der Waals surface area contributed by atoms with Crippen LogP contribution in [0.5, 0.6) is 0 Å². The van der Waals surface area contributed by atoms with E-state index in [0.29, 0.717) is 23.1 Å². The van der Waals surface area contributed by atoms with E-state index in [1.807, 2.05) is 30.3 Å². The summed E-state index contributed by atoms with van der Waals surface area (Å²) < 4.78 is 27.9. The molecule has 0 fully saturated rings. The smallest absolute Gasteiger partial charge is 0.269 e. The number of nitrogens with zero attached hydrogens (tertiary/aromatic N) is 3. The number of carbonyl (C=O) groups excluding carboxylic acids is 1. The number of carboxylic acids is 1. The lowest BCUT2D eigenvalue weighted by atomic mass is 10.0. The van der Waals surface area contributed by atoms with E-state index in [1.165, 1.54) is 22.3 Å². The average Bonchev–Trinajstić information content (AvgIpc) is 3.29. The normalized spacial score (nSPS) is 11.4. The van der Waals surface area contributed by atoms with Gasteiger partial charge in [0.25, 0.3) is 10.0 Å². The molecule has 35 heavy (non-hydrogen) atoms. The zero-order valence-electron chi connectivity index (χ0n) is 18.3. The molecule has 0 radical (unpaired) electrons. The molecule has 2 aromatic carbocycles. The molecule has 5 aromatic rings. The fraction of sp³-hybridized carbons (Fsp3) is 0.0385. The lowest BCUT2D eigenvalue weighted by Gasteiger charge is -2.12. The molecule has 8 nitrogen and oxygen atoms in total. The number of nitrogens with one attached hydrogen (secondary N) is 1. The molecule has 1 N–H and O–H groups in total. The molecule has 0 bridgehead atoms. The number of carbonyl (C=O) groups is 1. The first kappa shape index (κ1) is 22.3. The van der Waals surface area contributed by atoms with Crippen LogP contribution in [0.25, 0.3) is 22.2 Å². The van der Waals surface area contributed by atoms with Crippen molar-refractivity contribution in [3.63, 3.8) is 0 Å². The molecule has 0 aliphatic rings. The largest absolute Gasteiger partial charge is 0.545 e. The summed E-state index contributed by atoms with van der Waals surface area (Å²) in [4.78, 5) is 19.9. The third-order valence-electron chi connectivity index (χ3n) is 5.56. The fourth-order valence-electron chi connectivity index (χ4n) is 3.90.